The Labute approximate surface area is 227 Å². The zero-order valence-corrected chi connectivity index (χ0v) is 23.2. The lowest BCUT2D eigenvalue weighted by Crippen LogP contribution is -2.55. The number of aryl methyl sites for hydroxylation is 2. The van der Waals surface area contributed by atoms with Gasteiger partial charge in [0.2, 0.25) is 5.95 Å². The molecule has 3 aromatic heterocycles. The number of rotatable bonds is 6. The Bertz CT molecular complexity index is 1370. The topological polar surface area (TPSA) is 126 Å². The number of hydrogen-bond donors (Lipinski definition) is 2. The molecule has 2 N–H and O–H groups in total. The van der Waals surface area contributed by atoms with Crippen molar-refractivity contribution in [1.29, 1.82) is 0 Å². The second-order valence-electron chi connectivity index (χ2n) is 11.1. The maximum atomic E-state index is 14.6. The van der Waals surface area contributed by atoms with Crippen molar-refractivity contribution in [3.63, 3.8) is 0 Å². The molecule has 2 aliphatic rings. The standard InChI is InChI=1S/C26H35FN10O2/c1-15-14-36(9-10-37(15)25(38)39-26(3,4)5)19-12-28-24(33-23(19)31-21-13-29-35(6)34-21)32-20-11-18(17-7-8-17)22(27)16(2)30-20/h11-13,15,17H,7-10,14H2,1-6H3,(H2,28,30,31,32,33,34). The lowest BCUT2D eigenvalue weighted by atomic mass is 10.1. The highest BCUT2D eigenvalue weighted by atomic mass is 19.1. The van der Waals surface area contributed by atoms with Crippen molar-refractivity contribution >= 4 is 35.2 Å². The van der Waals surface area contributed by atoms with Crippen LogP contribution in [0, 0.1) is 12.7 Å². The van der Waals surface area contributed by atoms with E-state index in [0.717, 1.165) is 18.5 Å². The van der Waals surface area contributed by atoms with Crippen molar-refractivity contribution in [1.82, 2.24) is 34.8 Å². The van der Waals surface area contributed by atoms with Crippen LogP contribution < -0.4 is 15.5 Å². The first-order valence-corrected chi connectivity index (χ1v) is 13.2. The summed E-state index contributed by atoms with van der Waals surface area (Å²) in [6, 6.07) is 1.65. The third-order valence-corrected chi connectivity index (χ3v) is 6.62. The van der Waals surface area contributed by atoms with Gasteiger partial charge in [0, 0.05) is 32.7 Å². The lowest BCUT2D eigenvalue weighted by Gasteiger charge is -2.41. The Balaban J connectivity index is 1.39. The van der Waals surface area contributed by atoms with E-state index in [2.05, 4.69) is 35.7 Å². The van der Waals surface area contributed by atoms with Crippen LogP contribution in [0.3, 0.4) is 0 Å². The average molecular weight is 539 g/mol. The number of aromatic nitrogens is 6. The Morgan fingerprint density at radius 3 is 2.54 bits per heavy atom. The highest BCUT2D eigenvalue weighted by Crippen LogP contribution is 2.42. The molecule has 0 radical (unpaired) electrons. The fraction of sp³-hybridized carbons (Fsp3) is 0.538. The molecule has 0 spiro atoms. The fourth-order valence-corrected chi connectivity index (χ4v) is 4.60. The molecular weight excluding hydrogens is 503 g/mol. The van der Waals surface area contributed by atoms with E-state index in [4.69, 9.17) is 9.72 Å². The number of carbonyl (C=O) groups is 1. The van der Waals surface area contributed by atoms with Crippen LogP contribution in [0.15, 0.2) is 18.5 Å². The monoisotopic (exact) mass is 538 g/mol. The van der Waals surface area contributed by atoms with Gasteiger partial charge in [-0.05, 0) is 65.0 Å². The lowest BCUT2D eigenvalue weighted by molar-refractivity contribution is 0.0159. The Morgan fingerprint density at radius 2 is 1.90 bits per heavy atom. The first kappa shape index (κ1) is 26.6. The maximum Gasteiger partial charge on any atom is 0.410 e. The quantitative estimate of drug-likeness (QED) is 0.470. The molecule has 5 rings (SSSR count). The molecule has 1 aliphatic heterocycles. The number of anilines is 5. The van der Waals surface area contributed by atoms with Gasteiger partial charge in [0.25, 0.3) is 0 Å². The van der Waals surface area contributed by atoms with E-state index in [9.17, 15) is 9.18 Å². The molecular formula is C26H35FN10O2. The molecule has 0 bridgehead atoms. The molecule has 4 heterocycles. The maximum absolute atomic E-state index is 14.6. The smallest absolute Gasteiger partial charge is 0.410 e. The van der Waals surface area contributed by atoms with Gasteiger partial charge in [0.1, 0.15) is 17.2 Å². The van der Waals surface area contributed by atoms with Crippen LogP contribution in [-0.4, -0.2) is 72.2 Å². The van der Waals surface area contributed by atoms with Crippen LogP contribution in [0.1, 0.15) is 57.7 Å². The van der Waals surface area contributed by atoms with Crippen molar-refractivity contribution < 1.29 is 13.9 Å². The second kappa shape index (κ2) is 10.3. The summed E-state index contributed by atoms with van der Waals surface area (Å²) in [6.07, 6.45) is 4.97. The van der Waals surface area contributed by atoms with Gasteiger partial charge in [-0.2, -0.15) is 14.9 Å². The van der Waals surface area contributed by atoms with Crippen LogP contribution in [0.4, 0.5) is 38.3 Å². The van der Waals surface area contributed by atoms with Gasteiger partial charge in [0.15, 0.2) is 11.6 Å². The molecule has 13 heteroatoms. The molecule has 1 aliphatic carbocycles. The minimum atomic E-state index is -0.560. The summed E-state index contributed by atoms with van der Waals surface area (Å²) >= 11 is 0. The number of nitrogens with one attached hydrogen (secondary N) is 2. The van der Waals surface area contributed by atoms with E-state index in [1.165, 1.54) is 4.80 Å². The van der Waals surface area contributed by atoms with Crippen molar-refractivity contribution in [2.75, 3.05) is 35.2 Å². The van der Waals surface area contributed by atoms with Gasteiger partial charge >= 0.3 is 6.09 Å². The molecule has 1 atom stereocenters. The number of hydrogen-bond acceptors (Lipinski definition) is 10. The molecule has 3 aromatic rings. The average Bonchev–Trinajstić information content (AvgIpc) is 3.61. The van der Waals surface area contributed by atoms with Crippen LogP contribution in [0.2, 0.25) is 0 Å². The summed E-state index contributed by atoms with van der Waals surface area (Å²) < 4.78 is 20.2. The van der Waals surface area contributed by atoms with Gasteiger partial charge in [0.05, 0.1) is 23.8 Å². The summed E-state index contributed by atoms with van der Waals surface area (Å²) in [7, 11) is 1.73. The fourth-order valence-electron chi connectivity index (χ4n) is 4.60. The highest BCUT2D eigenvalue weighted by Gasteiger charge is 2.32. The van der Waals surface area contributed by atoms with Gasteiger partial charge in [-0.3, -0.25) is 0 Å². The molecule has 1 saturated heterocycles. The van der Waals surface area contributed by atoms with Crippen molar-refractivity contribution in [2.24, 2.45) is 7.05 Å². The summed E-state index contributed by atoms with van der Waals surface area (Å²) in [5, 5.41) is 14.8. The van der Waals surface area contributed by atoms with Crippen LogP contribution >= 0.6 is 0 Å². The minimum absolute atomic E-state index is 0.0944. The summed E-state index contributed by atoms with van der Waals surface area (Å²) in [5.74, 6) is 1.84. The largest absolute Gasteiger partial charge is 0.444 e. The van der Waals surface area contributed by atoms with Gasteiger partial charge in [-0.15, -0.1) is 5.10 Å². The van der Waals surface area contributed by atoms with Gasteiger partial charge in [-0.1, -0.05) is 0 Å². The third-order valence-electron chi connectivity index (χ3n) is 6.62. The normalized spacial score (nSPS) is 17.8. The zero-order chi connectivity index (χ0) is 27.9. The van der Waals surface area contributed by atoms with Gasteiger partial charge in [-0.25, -0.2) is 19.2 Å². The molecule has 1 saturated carbocycles. The first-order chi connectivity index (χ1) is 18.5. The van der Waals surface area contributed by atoms with E-state index in [0.29, 0.717) is 54.3 Å². The van der Waals surface area contributed by atoms with E-state index < -0.39 is 5.60 Å². The molecule has 208 valence electrons. The second-order valence-corrected chi connectivity index (χ2v) is 11.1. The summed E-state index contributed by atoms with van der Waals surface area (Å²) in [4.78, 5) is 31.7. The number of piperazine rings is 1. The molecule has 1 unspecified atom stereocenters. The Morgan fingerprint density at radius 1 is 1.13 bits per heavy atom. The number of ether oxygens (including phenoxy) is 1. The van der Waals surface area contributed by atoms with E-state index >= 15 is 0 Å². The third kappa shape index (κ3) is 6.18. The van der Waals surface area contributed by atoms with Crippen LogP contribution in [0.5, 0.6) is 0 Å². The SMILES string of the molecule is Cc1nc(Nc2ncc(N3CCN(C(=O)OC(C)(C)C)C(C)C3)c(Nc3cnn(C)n3)n2)cc(C2CC2)c1F. The number of carbonyl (C=O) groups excluding carboxylic acids is 1. The molecule has 0 aromatic carbocycles. The van der Waals surface area contributed by atoms with E-state index in [1.807, 2.05) is 27.7 Å². The Kier molecular flexibility index (Phi) is 7.00. The molecule has 39 heavy (non-hydrogen) atoms. The van der Waals surface area contributed by atoms with E-state index in [-0.39, 0.29) is 23.9 Å². The number of halogens is 1. The number of pyridine rings is 1. The predicted molar refractivity (Wildman–Crippen MR) is 145 cm³/mol. The Hall–Kier alpha value is -4.03. The number of amides is 1. The first-order valence-electron chi connectivity index (χ1n) is 13.2. The summed E-state index contributed by atoms with van der Waals surface area (Å²) in [6.45, 7) is 10.9. The van der Waals surface area contributed by atoms with Gasteiger partial charge < -0.3 is 25.2 Å². The van der Waals surface area contributed by atoms with Crippen LogP contribution in [-0.2, 0) is 11.8 Å². The summed E-state index contributed by atoms with van der Waals surface area (Å²) in [5.41, 5.74) is 1.21. The predicted octanol–water partition coefficient (Wildman–Crippen LogP) is 4.26. The molecule has 12 nitrogen and oxygen atoms in total. The number of nitrogens with zero attached hydrogens (tertiary/aromatic N) is 8. The van der Waals surface area contributed by atoms with Crippen LogP contribution in [0.25, 0.3) is 0 Å². The molecule has 1 amide bonds. The van der Waals surface area contributed by atoms with E-state index in [1.54, 1.807) is 37.3 Å². The van der Waals surface area contributed by atoms with Crippen molar-refractivity contribution in [2.45, 2.75) is 65.0 Å². The molecule has 2 fully saturated rings. The van der Waals surface area contributed by atoms with Crippen molar-refractivity contribution in [3.8, 4) is 0 Å². The van der Waals surface area contributed by atoms with Crippen molar-refractivity contribution in [3.05, 3.63) is 35.5 Å². The highest BCUT2D eigenvalue weighted by molar-refractivity contribution is 5.73. The minimum Gasteiger partial charge on any atom is -0.444 e. The zero-order valence-electron chi connectivity index (χ0n) is 23.2.